The van der Waals surface area contributed by atoms with Crippen molar-refractivity contribution < 1.29 is 14.3 Å². The largest absolute Gasteiger partial charge is 0.378 e. The highest BCUT2D eigenvalue weighted by Gasteiger charge is 2.19. The molecule has 0 spiro atoms. The van der Waals surface area contributed by atoms with Gasteiger partial charge in [-0.1, -0.05) is 13.0 Å². The molecule has 1 fully saturated rings. The summed E-state index contributed by atoms with van der Waals surface area (Å²) in [5, 5.41) is 9.86. The monoisotopic (exact) mass is 357 g/mol. The second kappa shape index (κ2) is 8.01. The number of amides is 3. The first-order valence-corrected chi connectivity index (χ1v) is 8.64. The number of rotatable bonds is 4. The zero-order valence-corrected chi connectivity index (χ0v) is 15.0. The van der Waals surface area contributed by atoms with Gasteiger partial charge in [0.2, 0.25) is 0 Å². The number of carbonyl (C=O) groups excluding carboxylic acids is 2. The standard InChI is InChI=1S/C18H23N5O3/c1-3-15-16(12-22(2)21-15)20-18(25)19-14-6-4-5-13(11-14)17(24)23-7-9-26-10-8-23/h4-6,11-12H,3,7-10H2,1-2H3,(H2,19,20,25). The van der Waals surface area contributed by atoms with E-state index in [0.717, 1.165) is 12.1 Å². The van der Waals surface area contributed by atoms with Crippen LogP contribution in [-0.2, 0) is 18.2 Å². The molecule has 0 aliphatic carbocycles. The Balaban J connectivity index is 1.66. The molecule has 2 aromatic rings. The first-order valence-electron chi connectivity index (χ1n) is 8.64. The number of aryl methyl sites for hydroxylation is 2. The predicted molar refractivity (Wildman–Crippen MR) is 98.4 cm³/mol. The summed E-state index contributed by atoms with van der Waals surface area (Å²) >= 11 is 0. The van der Waals surface area contributed by atoms with Gasteiger partial charge in [-0.2, -0.15) is 5.10 Å². The molecular weight excluding hydrogens is 334 g/mol. The summed E-state index contributed by atoms with van der Waals surface area (Å²) < 4.78 is 6.94. The van der Waals surface area contributed by atoms with Gasteiger partial charge >= 0.3 is 6.03 Å². The topological polar surface area (TPSA) is 88.5 Å². The molecule has 8 heteroatoms. The van der Waals surface area contributed by atoms with E-state index in [9.17, 15) is 9.59 Å². The van der Waals surface area contributed by atoms with Crippen molar-refractivity contribution in [3.05, 3.63) is 41.7 Å². The first kappa shape index (κ1) is 17.9. The van der Waals surface area contributed by atoms with E-state index >= 15 is 0 Å². The third kappa shape index (κ3) is 4.20. The number of hydrogen-bond acceptors (Lipinski definition) is 4. The summed E-state index contributed by atoms with van der Waals surface area (Å²) in [6, 6.07) is 6.56. The van der Waals surface area contributed by atoms with E-state index in [1.165, 1.54) is 0 Å². The Morgan fingerprint density at radius 2 is 2.00 bits per heavy atom. The van der Waals surface area contributed by atoms with E-state index in [2.05, 4.69) is 15.7 Å². The van der Waals surface area contributed by atoms with Crippen LogP contribution in [0.5, 0.6) is 0 Å². The minimum atomic E-state index is -0.372. The zero-order valence-electron chi connectivity index (χ0n) is 15.0. The highest BCUT2D eigenvalue weighted by atomic mass is 16.5. The summed E-state index contributed by atoms with van der Waals surface area (Å²) in [7, 11) is 1.81. The third-order valence-corrected chi connectivity index (χ3v) is 4.15. The number of aromatic nitrogens is 2. The van der Waals surface area contributed by atoms with Crippen molar-refractivity contribution in [1.82, 2.24) is 14.7 Å². The molecule has 1 aromatic carbocycles. The Morgan fingerprint density at radius 1 is 1.23 bits per heavy atom. The average molecular weight is 357 g/mol. The van der Waals surface area contributed by atoms with Crippen LogP contribution < -0.4 is 10.6 Å². The molecule has 1 aliphatic heterocycles. The van der Waals surface area contributed by atoms with Crippen molar-refractivity contribution in [1.29, 1.82) is 0 Å². The second-order valence-corrected chi connectivity index (χ2v) is 6.08. The van der Waals surface area contributed by atoms with Gasteiger partial charge in [-0.05, 0) is 24.6 Å². The fourth-order valence-corrected chi connectivity index (χ4v) is 2.86. The van der Waals surface area contributed by atoms with Crippen LogP contribution >= 0.6 is 0 Å². The van der Waals surface area contributed by atoms with Gasteiger partial charge in [0.15, 0.2) is 0 Å². The van der Waals surface area contributed by atoms with Gasteiger partial charge in [0, 0.05) is 37.6 Å². The van der Waals surface area contributed by atoms with Gasteiger partial charge in [0.05, 0.1) is 24.6 Å². The molecule has 3 rings (SSSR count). The van der Waals surface area contributed by atoms with Crippen LogP contribution in [-0.4, -0.2) is 52.9 Å². The van der Waals surface area contributed by atoms with Crippen LogP contribution in [0.2, 0.25) is 0 Å². The quantitative estimate of drug-likeness (QED) is 0.877. The van der Waals surface area contributed by atoms with E-state index in [4.69, 9.17) is 4.74 Å². The number of carbonyl (C=O) groups is 2. The predicted octanol–water partition coefficient (Wildman–Crippen LogP) is 2.10. The maximum absolute atomic E-state index is 12.5. The van der Waals surface area contributed by atoms with Gasteiger partial charge in [-0.3, -0.25) is 9.48 Å². The molecule has 8 nitrogen and oxygen atoms in total. The van der Waals surface area contributed by atoms with Crippen LogP contribution in [0.3, 0.4) is 0 Å². The molecule has 0 unspecified atom stereocenters. The molecule has 0 radical (unpaired) electrons. The lowest BCUT2D eigenvalue weighted by atomic mass is 10.1. The summed E-state index contributed by atoms with van der Waals surface area (Å²) in [5.74, 6) is -0.0575. The molecule has 1 saturated heterocycles. The van der Waals surface area contributed by atoms with Crippen LogP contribution in [0.15, 0.2) is 30.5 Å². The van der Waals surface area contributed by atoms with E-state index in [0.29, 0.717) is 43.2 Å². The molecule has 3 amide bonds. The van der Waals surface area contributed by atoms with Gasteiger partial charge in [-0.15, -0.1) is 0 Å². The first-order chi connectivity index (χ1) is 12.6. The molecule has 2 heterocycles. The molecule has 138 valence electrons. The van der Waals surface area contributed by atoms with Gasteiger partial charge in [0.25, 0.3) is 5.91 Å². The van der Waals surface area contributed by atoms with Crippen LogP contribution in [0.4, 0.5) is 16.2 Å². The maximum atomic E-state index is 12.5. The molecule has 1 aliphatic rings. The second-order valence-electron chi connectivity index (χ2n) is 6.08. The minimum absolute atomic E-state index is 0.0575. The van der Waals surface area contributed by atoms with Crippen molar-refractivity contribution in [3.8, 4) is 0 Å². The SMILES string of the molecule is CCc1nn(C)cc1NC(=O)Nc1cccc(C(=O)N2CCOCC2)c1. The molecule has 26 heavy (non-hydrogen) atoms. The lowest BCUT2D eigenvalue weighted by molar-refractivity contribution is 0.0303. The fourth-order valence-electron chi connectivity index (χ4n) is 2.86. The number of hydrogen-bond donors (Lipinski definition) is 2. The number of nitrogens with zero attached hydrogens (tertiary/aromatic N) is 3. The fraction of sp³-hybridized carbons (Fsp3) is 0.389. The summed E-state index contributed by atoms with van der Waals surface area (Å²) in [4.78, 5) is 26.6. The molecule has 2 N–H and O–H groups in total. The van der Waals surface area contributed by atoms with Crippen molar-refractivity contribution in [2.24, 2.45) is 7.05 Å². The van der Waals surface area contributed by atoms with Gasteiger partial charge in [-0.25, -0.2) is 4.79 Å². The highest BCUT2D eigenvalue weighted by Crippen LogP contribution is 2.16. The van der Waals surface area contributed by atoms with E-state index < -0.39 is 0 Å². The van der Waals surface area contributed by atoms with Crippen LogP contribution in [0, 0.1) is 0 Å². The van der Waals surface area contributed by atoms with Crippen molar-refractivity contribution in [3.63, 3.8) is 0 Å². The van der Waals surface area contributed by atoms with Gasteiger partial charge in [0.1, 0.15) is 0 Å². The lowest BCUT2D eigenvalue weighted by Crippen LogP contribution is -2.40. The Bertz CT molecular complexity index is 796. The summed E-state index contributed by atoms with van der Waals surface area (Å²) in [6.07, 6.45) is 2.48. The van der Waals surface area contributed by atoms with Crippen molar-refractivity contribution in [2.75, 3.05) is 36.9 Å². The van der Waals surface area contributed by atoms with Crippen LogP contribution in [0.25, 0.3) is 0 Å². The normalized spacial score (nSPS) is 14.2. The lowest BCUT2D eigenvalue weighted by Gasteiger charge is -2.27. The molecule has 0 bridgehead atoms. The van der Waals surface area contributed by atoms with Gasteiger partial charge < -0.3 is 20.3 Å². The molecule has 0 saturated carbocycles. The number of morpholine rings is 1. The molecular formula is C18H23N5O3. The Hall–Kier alpha value is -2.87. The molecule has 0 atom stereocenters. The summed E-state index contributed by atoms with van der Waals surface area (Å²) in [6.45, 7) is 4.25. The smallest absolute Gasteiger partial charge is 0.323 e. The van der Waals surface area contributed by atoms with E-state index in [-0.39, 0.29) is 11.9 Å². The number of nitrogens with one attached hydrogen (secondary N) is 2. The number of benzene rings is 1. The van der Waals surface area contributed by atoms with E-state index in [1.807, 2.05) is 14.0 Å². The Labute approximate surface area is 152 Å². The van der Waals surface area contributed by atoms with E-state index in [1.54, 1.807) is 40.0 Å². The molecule has 1 aromatic heterocycles. The number of urea groups is 1. The van der Waals surface area contributed by atoms with Crippen LogP contribution in [0.1, 0.15) is 23.0 Å². The number of ether oxygens (including phenoxy) is 1. The summed E-state index contributed by atoms with van der Waals surface area (Å²) in [5.41, 5.74) is 2.59. The maximum Gasteiger partial charge on any atom is 0.323 e. The van der Waals surface area contributed by atoms with Crippen molar-refractivity contribution in [2.45, 2.75) is 13.3 Å². The minimum Gasteiger partial charge on any atom is -0.378 e. The average Bonchev–Trinajstić information content (AvgIpc) is 3.01. The Kier molecular flexibility index (Phi) is 5.52. The van der Waals surface area contributed by atoms with Crippen molar-refractivity contribution >= 4 is 23.3 Å². The highest BCUT2D eigenvalue weighted by molar-refractivity contribution is 6.01. The zero-order chi connectivity index (χ0) is 18.5. The third-order valence-electron chi connectivity index (χ3n) is 4.15. The number of anilines is 2. The Morgan fingerprint density at radius 3 is 2.73 bits per heavy atom.